The van der Waals surface area contributed by atoms with E-state index in [1.807, 2.05) is 37.3 Å². The molecule has 0 amide bonds. The molecule has 0 bridgehead atoms. The minimum absolute atomic E-state index is 0.450. The van der Waals surface area contributed by atoms with Crippen molar-refractivity contribution in [3.63, 3.8) is 0 Å². The second-order valence-electron chi connectivity index (χ2n) is 6.69. The molecule has 1 N–H and O–H groups in total. The zero-order valence-corrected chi connectivity index (χ0v) is 15.9. The first-order valence-corrected chi connectivity index (χ1v) is 8.77. The number of rotatable bonds is 12. The van der Waals surface area contributed by atoms with Gasteiger partial charge in [-0.25, -0.2) is 0 Å². The van der Waals surface area contributed by atoms with Crippen LogP contribution in [0.2, 0.25) is 0 Å². The van der Waals surface area contributed by atoms with Crippen LogP contribution in [0.25, 0.3) is 0 Å². The van der Waals surface area contributed by atoms with Gasteiger partial charge in [-0.1, -0.05) is 35.9 Å². The molecular formula is C22H32O3. The smallest absolute Gasteiger partial charge is 0.118 e. The van der Waals surface area contributed by atoms with Crippen LogP contribution in [0.5, 0.6) is 5.75 Å². The maximum absolute atomic E-state index is 10.1. The predicted octanol–water partition coefficient (Wildman–Crippen LogP) is 5.21. The van der Waals surface area contributed by atoms with E-state index in [0.29, 0.717) is 19.6 Å². The van der Waals surface area contributed by atoms with E-state index in [0.717, 1.165) is 36.1 Å². The molecule has 1 aromatic rings. The molecule has 1 atom stereocenters. The fraction of sp³-hybridized carbons (Fsp3) is 0.455. The maximum Gasteiger partial charge on any atom is 0.118 e. The fourth-order valence-electron chi connectivity index (χ4n) is 2.53. The molecule has 3 nitrogen and oxygen atoms in total. The number of ether oxygens (including phenoxy) is 2. The summed E-state index contributed by atoms with van der Waals surface area (Å²) in [5, 5.41) is 10.1. The predicted molar refractivity (Wildman–Crippen MR) is 105 cm³/mol. The summed E-state index contributed by atoms with van der Waals surface area (Å²) in [4.78, 5) is 0. The quantitative estimate of drug-likeness (QED) is 0.529. The molecule has 0 radical (unpaired) electrons. The molecule has 0 saturated carbocycles. The Morgan fingerprint density at radius 3 is 2.44 bits per heavy atom. The van der Waals surface area contributed by atoms with Gasteiger partial charge >= 0.3 is 0 Å². The fourth-order valence-corrected chi connectivity index (χ4v) is 2.53. The van der Waals surface area contributed by atoms with Crippen LogP contribution in [-0.4, -0.2) is 24.9 Å². The Bertz CT molecular complexity index is 569. The van der Waals surface area contributed by atoms with Crippen LogP contribution in [0.3, 0.4) is 0 Å². The minimum Gasteiger partial charge on any atom is -0.497 e. The van der Waals surface area contributed by atoms with Crippen molar-refractivity contribution in [2.75, 3.05) is 13.7 Å². The molecule has 0 saturated heterocycles. The first-order valence-electron chi connectivity index (χ1n) is 8.77. The van der Waals surface area contributed by atoms with Gasteiger partial charge in [0.2, 0.25) is 0 Å². The van der Waals surface area contributed by atoms with E-state index in [-0.39, 0.29) is 0 Å². The van der Waals surface area contributed by atoms with E-state index in [9.17, 15) is 5.11 Å². The molecule has 1 aromatic carbocycles. The van der Waals surface area contributed by atoms with Gasteiger partial charge in [-0.3, -0.25) is 0 Å². The molecule has 138 valence electrons. The second-order valence-corrected chi connectivity index (χ2v) is 6.69. The summed E-state index contributed by atoms with van der Waals surface area (Å²) in [5.74, 6) is 0.835. The van der Waals surface area contributed by atoms with Gasteiger partial charge in [-0.2, -0.15) is 0 Å². The van der Waals surface area contributed by atoms with Gasteiger partial charge in [0.25, 0.3) is 0 Å². The van der Waals surface area contributed by atoms with E-state index in [1.165, 1.54) is 11.1 Å². The molecule has 0 fully saturated rings. The summed E-state index contributed by atoms with van der Waals surface area (Å²) in [7, 11) is 1.65. The highest BCUT2D eigenvalue weighted by Crippen LogP contribution is 2.15. The Morgan fingerprint density at radius 1 is 1.16 bits per heavy atom. The largest absolute Gasteiger partial charge is 0.497 e. The molecular weight excluding hydrogens is 312 g/mol. The molecule has 25 heavy (non-hydrogen) atoms. The summed E-state index contributed by atoms with van der Waals surface area (Å²) in [6.45, 7) is 13.0. The number of aliphatic hydroxyl groups is 1. The second kappa shape index (κ2) is 11.7. The molecule has 0 spiro atoms. The lowest BCUT2D eigenvalue weighted by molar-refractivity contribution is 0.134. The highest BCUT2D eigenvalue weighted by atomic mass is 16.5. The van der Waals surface area contributed by atoms with Gasteiger partial charge in [-0.15, -0.1) is 6.58 Å². The van der Waals surface area contributed by atoms with Crippen LogP contribution in [-0.2, 0) is 11.3 Å². The van der Waals surface area contributed by atoms with Crippen LogP contribution in [0.1, 0.15) is 45.1 Å². The average Bonchev–Trinajstić information content (AvgIpc) is 2.54. The summed E-state index contributed by atoms with van der Waals surface area (Å²) < 4.78 is 10.8. The van der Waals surface area contributed by atoms with Gasteiger partial charge in [0.1, 0.15) is 5.75 Å². The molecule has 0 aromatic heterocycles. The van der Waals surface area contributed by atoms with E-state index in [2.05, 4.69) is 20.1 Å². The van der Waals surface area contributed by atoms with Crippen molar-refractivity contribution in [1.29, 1.82) is 0 Å². The zero-order valence-electron chi connectivity index (χ0n) is 15.9. The Hall–Kier alpha value is -1.84. The van der Waals surface area contributed by atoms with E-state index in [4.69, 9.17) is 9.47 Å². The third-order valence-electron chi connectivity index (χ3n) is 3.88. The summed E-state index contributed by atoms with van der Waals surface area (Å²) in [6.07, 6.45) is 5.06. The summed E-state index contributed by atoms with van der Waals surface area (Å²) in [6, 6.07) is 7.79. The first-order chi connectivity index (χ1) is 11.9. The highest BCUT2D eigenvalue weighted by Gasteiger charge is 2.05. The van der Waals surface area contributed by atoms with E-state index < -0.39 is 6.10 Å². The zero-order chi connectivity index (χ0) is 18.7. The lowest BCUT2D eigenvalue weighted by Crippen LogP contribution is -2.08. The summed E-state index contributed by atoms with van der Waals surface area (Å²) >= 11 is 0. The normalized spacial score (nSPS) is 12.7. The summed E-state index contributed by atoms with van der Waals surface area (Å²) in [5.41, 5.74) is 4.39. The van der Waals surface area contributed by atoms with Gasteiger partial charge in [-0.05, 0) is 62.8 Å². The van der Waals surface area contributed by atoms with E-state index in [1.54, 1.807) is 7.11 Å². The maximum atomic E-state index is 10.1. The molecule has 0 heterocycles. The van der Waals surface area contributed by atoms with Gasteiger partial charge in [0, 0.05) is 0 Å². The van der Waals surface area contributed by atoms with Crippen LogP contribution in [0, 0.1) is 0 Å². The van der Waals surface area contributed by atoms with Crippen molar-refractivity contribution < 1.29 is 14.6 Å². The Kier molecular flexibility index (Phi) is 9.90. The molecule has 1 rings (SSSR count). The molecule has 1 unspecified atom stereocenters. The highest BCUT2D eigenvalue weighted by molar-refractivity contribution is 5.26. The van der Waals surface area contributed by atoms with Crippen LogP contribution in [0.4, 0.5) is 0 Å². The number of hydrogen-bond acceptors (Lipinski definition) is 3. The van der Waals surface area contributed by atoms with Crippen molar-refractivity contribution in [2.24, 2.45) is 0 Å². The lowest BCUT2D eigenvalue weighted by Gasteiger charge is -2.11. The van der Waals surface area contributed by atoms with Crippen LogP contribution in [0.15, 0.2) is 60.2 Å². The van der Waals surface area contributed by atoms with Crippen LogP contribution >= 0.6 is 0 Å². The Labute approximate surface area is 152 Å². The van der Waals surface area contributed by atoms with Crippen molar-refractivity contribution in [1.82, 2.24) is 0 Å². The van der Waals surface area contributed by atoms with Gasteiger partial charge in [0.15, 0.2) is 0 Å². The van der Waals surface area contributed by atoms with Crippen molar-refractivity contribution in [3.8, 4) is 5.75 Å². The van der Waals surface area contributed by atoms with Crippen molar-refractivity contribution >= 4 is 0 Å². The molecule has 0 aliphatic heterocycles. The topological polar surface area (TPSA) is 38.7 Å². The molecule has 0 aliphatic rings. The number of allylic oxidation sites excluding steroid dienone is 2. The van der Waals surface area contributed by atoms with Gasteiger partial charge in [0.05, 0.1) is 26.4 Å². The van der Waals surface area contributed by atoms with Crippen molar-refractivity contribution in [2.45, 2.75) is 52.2 Å². The number of methoxy groups -OCH3 is 1. The van der Waals surface area contributed by atoms with Crippen molar-refractivity contribution in [3.05, 3.63) is 65.8 Å². The third kappa shape index (κ3) is 9.90. The van der Waals surface area contributed by atoms with Crippen LogP contribution < -0.4 is 4.74 Å². The molecule has 0 aliphatic carbocycles. The minimum atomic E-state index is -0.498. The molecule has 3 heteroatoms. The average molecular weight is 344 g/mol. The SMILES string of the molecule is C=C(C)CCC/C(C)=C/C(O)CC(=C)COCc1ccc(OC)cc1. The standard InChI is InChI=1S/C22H32O3/c1-17(2)7-6-8-18(3)13-21(23)14-19(4)15-25-16-20-9-11-22(24-5)12-10-20/h9-13,21,23H,1,4,6-8,14-16H2,2-3,5H3/b18-13+. The van der Waals surface area contributed by atoms with Gasteiger partial charge < -0.3 is 14.6 Å². The Morgan fingerprint density at radius 2 is 1.84 bits per heavy atom. The first kappa shape index (κ1) is 21.2. The van der Waals surface area contributed by atoms with E-state index >= 15 is 0 Å². The number of aliphatic hydroxyl groups excluding tert-OH is 1. The monoisotopic (exact) mass is 344 g/mol. The number of hydrogen-bond donors (Lipinski definition) is 1. The third-order valence-corrected chi connectivity index (χ3v) is 3.88. The number of benzene rings is 1. The Balaban J connectivity index is 2.26. The lowest BCUT2D eigenvalue weighted by atomic mass is 10.0.